The minimum atomic E-state index is -1.35. The minimum Gasteiger partial charge on any atom is -0.502 e. The Bertz CT molecular complexity index is 1440. The molecule has 0 spiro atoms. The first-order valence-electron chi connectivity index (χ1n) is 10.2. The van der Waals surface area contributed by atoms with E-state index in [1.807, 2.05) is 0 Å². The fourth-order valence-corrected chi connectivity index (χ4v) is 4.33. The molecule has 0 aliphatic heterocycles. The van der Waals surface area contributed by atoms with E-state index in [4.69, 9.17) is 4.74 Å². The van der Waals surface area contributed by atoms with Crippen molar-refractivity contribution >= 4 is 39.3 Å². The van der Waals surface area contributed by atoms with Gasteiger partial charge in [-0.3, -0.25) is 14.7 Å². The van der Waals surface area contributed by atoms with Crippen LogP contribution in [0.3, 0.4) is 0 Å². The van der Waals surface area contributed by atoms with Crippen LogP contribution in [0.5, 0.6) is 5.75 Å². The molecule has 4 aromatic rings. The Morgan fingerprint density at radius 1 is 1.18 bits per heavy atom. The molecular formula is C23H22N4O6S. The predicted octanol–water partition coefficient (Wildman–Crippen LogP) is 4.05. The molecule has 0 radical (unpaired) electrons. The van der Waals surface area contributed by atoms with Gasteiger partial charge < -0.3 is 14.9 Å². The second-order valence-electron chi connectivity index (χ2n) is 8.52. The molecular weight excluding hydrogens is 460 g/mol. The molecule has 3 N–H and O–H groups in total. The molecule has 176 valence electrons. The quantitative estimate of drug-likeness (QED) is 0.390. The Morgan fingerprint density at radius 3 is 2.53 bits per heavy atom. The molecule has 1 amide bonds. The van der Waals surface area contributed by atoms with Gasteiger partial charge in [0.15, 0.2) is 5.75 Å². The summed E-state index contributed by atoms with van der Waals surface area (Å²) in [5, 5.41) is 28.3. The number of ether oxygens (including phenoxy) is 1. The maximum absolute atomic E-state index is 12.7. The number of carboxylic acids is 1. The third-order valence-electron chi connectivity index (χ3n) is 4.81. The van der Waals surface area contributed by atoms with E-state index in [1.54, 1.807) is 73.6 Å². The number of benzene rings is 1. The standard InChI is InChI=1S/C23H22N4O6S/c1-23(2,3)33-22(32)25-14-4-6-15(7-5-14)27-12-13(10-24-27)11-26-16-8-9-34-19(16)17(21(30)31)18(28)20(26)29/h4-10,12,28H,11H2,1-3H3,(H,25,32)(H,30,31). The van der Waals surface area contributed by atoms with Crippen molar-refractivity contribution in [1.82, 2.24) is 14.3 Å². The van der Waals surface area contributed by atoms with E-state index in [2.05, 4.69) is 10.4 Å². The number of amides is 1. The van der Waals surface area contributed by atoms with Crippen molar-refractivity contribution in [3.05, 3.63) is 69.6 Å². The third-order valence-corrected chi connectivity index (χ3v) is 5.74. The molecule has 34 heavy (non-hydrogen) atoms. The zero-order valence-electron chi connectivity index (χ0n) is 18.6. The highest BCUT2D eigenvalue weighted by Crippen LogP contribution is 2.29. The molecule has 0 aliphatic carbocycles. The number of carbonyl (C=O) groups excluding carboxylic acids is 1. The number of nitrogens with one attached hydrogen (secondary N) is 1. The summed E-state index contributed by atoms with van der Waals surface area (Å²) in [6.45, 7) is 5.44. The number of thiophene rings is 1. The van der Waals surface area contributed by atoms with Crippen LogP contribution in [0.1, 0.15) is 36.7 Å². The SMILES string of the molecule is CC(C)(C)OC(=O)Nc1ccc(-n2cc(Cn3c(=O)c(O)c(C(=O)O)c4sccc43)cn2)cc1. The monoisotopic (exact) mass is 482 g/mol. The van der Waals surface area contributed by atoms with Gasteiger partial charge in [0.1, 0.15) is 11.2 Å². The van der Waals surface area contributed by atoms with Gasteiger partial charge in [0.25, 0.3) is 5.56 Å². The molecule has 11 heteroatoms. The summed E-state index contributed by atoms with van der Waals surface area (Å²) < 4.78 is 8.49. The minimum absolute atomic E-state index is 0.0950. The smallest absolute Gasteiger partial charge is 0.412 e. The van der Waals surface area contributed by atoms with Crippen molar-refractivity contribution in [3.63, 3.8) is 0 Å². The summed E-state index contributed by atoms with van der Waals surface area (Å²) >= 11 is 1.14. The van der Waals surface area contributed by atoms with Gasteiger partial charge in [-0.05, 0) is 56.5 Å². The summed E-state index contributed by atoms with van der Waals surface area (Å²) in [6, 6.07) is 8.60. The molecule has 0 aliphatic rings. The normalized spacial score (nSPS) is 11.5. The summed E-state index contributed by atoms with van der Waals surface area (Å²) in [5.74, 6) is -2.14. The number of nitrogens with zero attached hydrogens (tertiary/aromatic N) is 3. The van der Waals surface area contributed by atoms with Crippen LogP contribution in [-0.4, -0.2) is 42.2 Å². The predicted molar refractivity (Wildman–Crippen MR) is 127 cm³/mol. The summed E-state index contributed by atoms with van der Waals surface area (Å²) in [5.41, 5.74) is 0.611. The first kappa shape index (κ1) is 23.1. The van der Waals surface area contributed by atoms with E-state index < -0.39 is 29.0 Å². The lowest BCUT2D eigenvalue weighted by Gasteiger charge is -2.19. The third kappa shape index (κ3) is 4.64. The fraction of sp³-hybridized carbons (Fsp3) is 0.217. The van der Waals surface area contributed by atoms with Crippen LogP contribution in [0.4, 0.5) is 10.5 Å². The van der Waals surface area contributed by atoms with Crippen LogP contribution in [0.2, 0.25) is 0 Å². The average molecular weight is 483 g/mol. The number of carboxylic acid groups (broad SMARTS) is 1. The second-order valence-corrected chi connectivity index (χ2v) is 9.44. The number of fused-ring (bicyclic) bond motifs is 1. The van der Waals surface area contributed by atoms with Crippen LogP contribution in [0, 0.1) is 0 Å². The number of anilines is 1. The van der Waals surface area contributed by atoms with Gasteiger partial charge in [-0.2, -0.15) is 5.10 Å². The first-order chi connectivity index (χ1) is 16.0. The maximum Gasteiger partial charge on any atom is 0.412 e. The maximum atomic E-state index is 12.7. The van der Waals surface area contributed by atoms with Crippen molar-refractivity contribution < 1.29 is 24.5 Å². The highest BCUT2D eigenvalue weighted by molar-refractivity contribution is 7.17. The zero-order valence-corrected chi connectivity index (χ0v) is 19.4. The fourth-order valence-electron chi connectivity index (χ4n) is 3.39. The number of carbonyl (C=O) groups is 2. The van der Waals surface area contributed by atoms with E-state index in [0.29, 0.717) is 21.5 Å². The van der Waals surface area contributed by atoms with E-state index in [0.717, 1.165) is 17.0 Å². The Balaban J connectivity index is 1.56. The Hall–Kier alpha value is -4.12. The molecule has 3 aromatic heterocycles. The van der Waals surface area contributed by atoms with Crippen LogP contribution in [0.25, 0.3) is 15.9 Å². The molecule has 4 rings (SSSR count). The average Bonchev–Trinajstić information content (AvgIpc) is 3.40. The number of aromatic hydroxyl groups is 1. The van der Waals surface area contributed by atoms with Crippen molar-refractivity contribution in [1.29, 1.82) is 0 Å². The molecule has 0 saturated heterocycles. The number of aromatic carboxylic acids is 1. The van der Waals surface area contributed by atoms with Crippen LogP contribution >= 0.6 is 11.3 Å². The van der Waals surface area contributed by atoms with Crippen molar-refractivity contribution in [2.45, 2.75) is 32.9 Å². The number of hydrogen-bond acceptors (Lipinski definition) is 7. The van der Waals surface area contributed by atoms with Gasteiger partial charge in [-0.1, -0.05) is 0 Å². The number of hydrogen-bond donors (Lipinski definition) is 3. The van der Waals surface area contributed by atoms with Crippen LogP contribution < -0.4 is 10.9 Å². The molecule has 0 atom stereocenters. The summed E-state index contributed by atoms with van der Waals surface area (Å²) in [4.78, 5) is 36.1. The van der Waals surface area contributed by atoms with Crippen LogP contribution in [0.15, 0.2) is 52.9 Å². The molecule has 10 nitrogen and oxygen atoms in total. The molecule has 0 unspecified atom stereocenters. The first-order valence-corrected chi connectivity index (χ1v) is 11.1. The summed E-state index contributed by atoms with van der Waals surface area (Å²) in [6.07, 6.45) is 2.76. The lowest BCUT2D eigenvalue weighted by Crippen LogP contribution is -2.27. The lowest BCUT2D eigenvalue weighted by atomic mass is 10.2. The largest absolute Gasteiger partial charge is 0.502 e. The van der Waals surface area contributed by atoms with E-state index in [-0.39, 0.29) is 12.1 Å². The van der Waals surface area contributed by atoms with Gasteiger partial charge >= 0.3 is 12.1 Å². The Morgan fingerprint density at radius 2 is 1.88 bits per heavy atom. The summed E-state index contributed by atoms with van der Waals surface area (Å²) in [7, 11) is 0. The van der Waals surface area contributed by atoms with Crippen molar-refractivity contribution in [2.24, 2.45) is 0 Å². The van der Waals surface area contributed by atoms with Gasteiger partial charge in [0.2, 0.25) is 0 Å². The molecule has 3 heterocycles. The van der Waals surface area contributed by atoms with Crippen LogP contribution in [-0.2, 0) is 11.3 Å². The highest BCUT2D eigenvalue weighted by Gasteiger charge is 2.22. The lowest BCUT2D eigenvalue weighted by molar-refractivity contribution is 0.0634. The number of pyridine rings is 1. The molecule has 0 bridgehead atoms. The van der Waals surface area contributed by atoms with Crippen molar-refractivity contribution in [3.8, 4) is 11.4 Å². The van der Waals surface area contributed by atoms with E-state index in [1.165, 1.54) is 4.57 Å². The highest BCUT2D eigenvalue weighted by atomic mass is 32.1. The van der Waals surface area contributed by atoms with Gasteiger partial charge in [-0.15, -0.1) is 11.3 Å². The molecule has 1 aromatic carbocycles. The van der Waals surface area contributed by atoms with E-state index >= 15 is 0 Å². The number of rotatable bonds is 5. The Labute approximate surface area is 197 Å². The molecule has 0 fully saturated rings. The Kier molecular flexibility index (Phi) is 5.88. The number of aromatic nitrogens is 3. The van der Waals surface area contributed by atoms with Gasteiger partial charge in [-0.25, -0.2) is 14.3 Å². The second kappa shape index (κ2) is 8.67. The zero-order chi connectivity index (χ0) is 24.6. The van der Waals surface area contributed by atoms with Gasteiger partial charge in [0, 0.05) is 17.4 Å². The van der Waals surface area contributed by atoms with Crippen molar-refractivity contribution in [2.75, 3.05) is 5.32 Å². The molecule has 0 saturated carbocycles. The topological polar surface area (TPSA) is 136 Å². The van der Waals surface area contributed by atoms with E-state index in [9.17, 15) is 24.6 Å². The van der Waals surface area contributed by atoms with Gasteiger partial charge in [0.05, 0.1) is 28.6 Å².